The zero-order chi connectivity index (χ0) is 20.3. The lowest BCUT2D eigenvalue weighted by Crippen LogP contribution is -2.41. The van der Waals surface area contributed by atoms with Crippen LogP contribution in [-0.2, 0) is 22.6 Å². The van der Waals surface area contributed by atoms with Crippen molar-refractivity contribution < 1.29 is 19.1 Å². The Morgan fingerprint density at radius 1 is 1.29 bits per heavy atom. The Hall–Kier alpha value is -1.86. The molecular weight excluding hydrogens is 445 g/mol. The van der Waals surface area contributed by atoms with E-state index in [-0.39, 0.29) is 18.9 Å². The molecule has 0 aliphatic carbocycles. The molecule has 7 heteroatoms. The number of rotatable bonds is 7. The minimum Gasteiger partial charge on any atom is -0.481 e. The monoisotopic (exact) mass is 465 g/mol. The van der Waals surface area contributed by atoms with Gasteiger partial charge in [-0.1, -0.05) is 41.4 Å². The van der Waals surface area contributed by atoms with Gasteiger partial charge < -0.3 is 10.0 Å². The van der Waals surface area contributed by atoms with Crippen molar-refractivity contribution in [2.24, 2.45) is 0 Å². The molecule has 1 aliphatic rings. The van der Waals surface area contributed by atoms with E-state index in [2.05, 4.69) is 22.9 Å². The largest absolute Gasteiger partial charge is 0.481 e. The van der Waals surface area contributed by atoms with Gasteiger partial charge in [0.15, 0.2) is 0 Å². The van der Waals surface area contributed by atoms with Gasteiger partial charge in [0.25, 0.3) is 0 Å². The van der Waals surface area contributed by atoms with Gasteiger partial charge >= 0.3 is 5.97 Å². The van der Waals surface area contributed by atoms with Gasteiger partial charge in [-0.25, -0.2) is 4.39 Å². The Morgan fingerprint density at radius 3 is 2.75 bits per heavy atom. The number of carboxylic acid groups (broad SMARTS) is 1. The predicted octanol–water partition coefficient (Wildman–Crippen LogP) is 5.41. The van der Waals surface area contributed by atoms with Crippen LogP contribution in [0.1, 0.15) is 37.3 Å². The Bertz CT molecular complexity index is 905. The van der Waals surface area contributed by atoms with E-state index >= 15 is 0 Å². The first-order chi connectivity index (χ1) is 13.4. The minimum atomic E-state index is -1.02. The number of hydrogen-bond donors (Lipinski definition) is 1. The summed E-state index contributed by atoms with van der Waals surface area (Å²) in [5.41, 5.74) is 2.24. The Balaban J connectivity index is 1.98. The molecule has 28 heavy (non-hydrogen) atoms. The molecule has 2 aromatic rings. The molecule has 0 aromatic heterocycles. The lowest BCUT2D eigenvalue weighted by atomic mass is 10.1. The Labute approximate surface area is 176 Å². The van der Waals surface area contributed by atoms with Crippen molar-refractivity contribution in [3.05, 3.63) is 57.8 Å². The molecule has 1 amide bonds. The number of carboxylic acids is 1. The number of aliphatic carboxylic acids is 1. The molecule has 148 valence electrons. The zero-order valence-electron chi connectivity index (χ0n) is 15.5. The van der Waals surface area contributed by atoms with Crippen molar-refractivity contribution in [3.8, 4) is 0 Å². The summed E-state index contributed by atoms with van der Waals surface area (Å²) >= 11 is 4.51. The average Bonchev–Trinajstić information content (AvgIpc) is 2.64. The van der Waals surface area contributed by atoms with Crippen molar-refractivity contribution in [1.82, 2.24) is 0 Å². The molecule has 1 atom stereocenters. The van der Waals surface area contributed by atoms with Gasteiger partial charge in [-0.3, -0.25) is 9.59 Å². The predicted molar refractivity (Wildman–Crippen MR) is 112 cm³/mol. The Morgan fingerprint density at radius 2 is 2.07 bits per heavy atom. The molecule has 4 nitrogen and oxygen atoms in total. The van der Waals surface area contributed by atoms with E-state index in [9.17, 15) is 19.1 Å². The maximum Gasteiger partial charge on any atom is 0.305 e. The average molecular weight is 466 g/mol. The minimum absolute atomic E-state index is 0.0683. The number of carbonyl (C=O) groups excluding carboxylic acids is 1. The third kappa shape index (κ3) is 4.75. The van der Waals surface area contributed by atoms with Crippen LogP contribution >= 0.6 is 27.7 Å². The third-order valence-electron chi connectivity index (χ3n) is 4.65. The van der Waals surface area contributed by atoms with E-state index in [1.54, 1.807) is 12.1 Å². The summed E-state index contributed by atoms with van der Waals surface area (Å²) in [6.45, 7) is 2.19. The summed E-state index contributed by atoms with van der Waals surface area (Å²) in [6.07, 6.45) is 2.75. The van der Waals surface area contributed by atoms with E-state index in [4.69, 9.17) is 0 Å². The summed E-state index contributed by atoms with van der Waals surface area (Å²) in [5, 5.41) is 8.46. The fourth-order valence-corrected chi connectivity index (χ4v) is 4.71. The highest BCUT2D eigenvalue weighted by molar-refractivity contribution is 9.10. The van der Waals surface area contributed by atoms with E-state index in [0.717, 1.165) is 35.4 Å². The SMILES string of the molecule is CCCCc1ccc2c(c1)N(Cc1ccc(Br)cc1F)C(=O)C(CC(=O)O)S2. The summed E-state index contributed by atoms with van der Waals surface area (Å²) in [5.74, 6) is -1.72. The van der Waals surface area contributed by atoms with E-state index in [0.29, 0.717) is 10.0 Å². The number of carbonyl (C=O) groups is 2. The molecule has 0 spiro atoms. The van der Waals surface area contributed by atoms with Crippen LogP contribution in [0.25, 0.3) is 0 Å². The molecule has 0 bridgehead atoms. The second-order valence-corrected chi connectivity index (χ2v) is 8.93. The summed E-state index contributed by atoms with van der Waals surface area (Å²) in [4.78, 5) is 26.6. The van der Waals surface area contributed by atoms with Crippen LogP contribution in [0.4, 0.5) is 10.1 Å². The molecule has 1 heterocycles. The van der Waals surface area contributed by atoms with Crippen molar-refractivity contribution in [3.63, 3.8) is 0 Å². The standard InChI is InChI=1S/C21H21BrFNO3S/c1-2-3-4-13-5-8-18-17(9-13)24(21(27)19(28-18)11-20(25)26)12-14-6-7-15(22)10-16(14)23/h5-10,19H,2-4,11-12H2,1H3,(H,25,26). The molecule has 0 fully saturated rings. The number of halogens is 2. The first-order valence-electron chi connectivity index (χ1n) is 9.15. The lowest BCUT2D eigenvalue weighted by Gasteiger charge is -2.34. The number of fused-ring (bicyclic) bond motifs is 1. The molecule has 1 N–H and O–H groups in total. The maximum atomic E-state index is 14.4. The highest BCUT2D eigenvalue weighted by atomic mass is 79.9. The van der Waals surface area contributed by atoms with Gasteiger partial charge in [-0.15, -0.1) is 11.8 Å². The number of nitrogens with zero attached hydrogens (tertiary/aromatic N) is 1. The molecule has 1 unspecified atom stereocenters. The van der Waals surface area contributed by atoms with Crippen molar-refractivity contribution in [1.29, 1.82) is 0 Å². The number of hydrogen-bond acceptors (Lipinski definition) is 3. The van der Waals surface area contributed by atoms with Gasteiger partial charge in [0, 0.05) is 14.9 Å². The van der Waals surface area contributed by atoms with E-state index in [1.165, 1.54) is 22.7 Å². The topological polar surface area (TPSA) is 57.6 Å². The first kappa shape index (κ1) is 20.9. The summed E-state index contributed by atoms with van der Waals surface area (Å²) in [6, 6.07) is 10.7. The fourth-order valence-electron chi connectivity index (χ4n) is 3.18. The number of thioether (sulfide) groups is 1. The fraction of sp³-hybridized carbons (Fsp3) is 0.333. The zero-order valence-corrected chi connectivity index (χ0v) is 17.9. The number of amides is 1. The van der Waals surface area contributed by atoms with Crippen molar-refractivity contribution in [2.75, 3.05) is 4.90 Å². The molecule has 1 aliphatic heterocycles. The summed E-state index contributed by atoms with van der Waals surface area (Å²) < 4.78 is 15.0. The quantitative estimate of drug-likeness (QED) is 0.593. The number of aryl methyl sites for hydroxylation is 1. The second kappa shape index (κ2) is 9.09. The normalized spacial score (nSPS) is 16.2. The molecule has 0 saturated heterocycles. The van der Waals surface area contributed by atoms with Crippen LogP contribution in [0.15, 0.2) is 45.8 Å². The molecule has 0 radical (unpaired) electrons. The van der Waals surface area contributed by atoms with Gasteiger partial charge in [-0.2, -0.15) is 0 Å². The third-order valence-corrected chi connectivity index (χ3v) is 6.39. The second-order valence-electron chi connectivity index (χ2n) is 6.77. The van der Waals surface area contributed by atoms with Crippen LogP contribution in [0.2, 0.25) is 0 Å². The first-order valence-corrected chi connectivity index (χ1v) is 10.8. The van der Waals surface area contributed by atoms with Gasteiger partial charge in [0.05, 0.1) is 23.9 Å². The van der Waals surface area contributed by atoms with Crippen LogP contribution in [0.5, 0.6) is 0 Å². The highest BCUT2D eigenvalue weighted by Crippen LogP contribution is 2.42. The summed E-state index contributed by atoms with van der Waals surface area (Å²) in [7, 11) is 0. The molecular formula is C21H21BrFNO3S. The van der Waals surface area contributed by atoms with Crippen molar-refractivity contribution >= 4 is 45.3 Å². The van der Waals surface area contributed by atoms with Crippen LogP contribution < -0.4 is 4.90 Å². The van der Waals surface area contributed by atoms with Crippen molar-refractivity contribution in [2.45, 2.75) is 49.3 Å². The highest BCUT2D eigenvalue weighted by Gasteiger charge is 2.35. The lowest BCUT2D eigenvalue weighted by molar-refractivity contribution is -0.138. The number of benzene rings is 2. The van der Waals surface area contributed by atoms with E-state index < -0.39 is 17.0 Å². The number of anilines is 1. The van der Waals surface area contributed by atoms with Gasteiger partial charge in [0.1, 0.15) is 5.82 Å². The Kier molecular flexibility index (Phi) is 6.78. The smallest absolute Gasteiger partial charge is 0.305 e. The van der Waals surface area contributed by atoms with Crippen LogP contribution in [0, 0.1) is 5.82 Å². The molecule has 3 rings (SSSR count). The maximum absolute atomic E-state index is 14.4. The van der Waals surface area contributed by atoms with Crippen LogP contribution in [-0.4, -0.2) is 22.2 Å². The molecule has 0 saturated carbocycles. The molecule has 2 aromatic carbocycles. The van der Waals surface area contributed by atoms with E-state index in [1.807, 2.05) is 18.2 Å². The van der Waals surface area contributed by atoms with Gasteiger partial charge in [-0.05, 0) is 42.7 Å². The van der Waals surface area contributed by atoms with Crippen LogP contribution in [0.3, 0.4) is 0 Å². The number of unbranched alkanes of at least 4 members (excludes halogenated alkanes) is 1. The van der Waals surface area contributed by atoms with Gasteiger partial charge in [0.2, 0.25) is 5.91 Å².